The summed E-state index contributed by atoms with van der Waals surface area (Å²) in [5.74, 6) is 4.44. The Morgan fingerprint density at radius 2 is 1.21 bits per heavy atom. The van der Waals surface area contributed by atoms with Crippen LogP contribution in [0.2, 0.25) is 0 Å². The number of aryl methyl sites for hydroxylation is 3. The highest BCUT2D eigenvalue weighted by Crippen LogP contribution is 2.33. The molecule has 0 N–H and O–H groups in total. The maximum atomic E-state index is 12.6. The van der Waals surface area contributed by atoms with Crippen molar-refractivity contribution < 1.29 is 28.5 Å². The first kappa shape index (κ1) is 37.0. The van der Waals surface area contributed by atoms with E-state index in [1.165, 1.54) is 17.5 Å². The molecule has 0 saturated heterocycles. The summed E-state index contributed by atoms with van der Waals surface area (Å²) in [4.78, 5) is 23.6. The van der Waals surface area contributed by atoms with Crippen LogP contribution in [-0.4, -0.2) is 32.6 Å². The monoisotopic (exact) mass is 656 g/mol. The smallest absolute Gasteiger partial charge is 0.314 e. The Hall–Kier alpha value is -3.80. The molecule has 0 radical (unpaired) electrons. The maximum absolute atomic E-state index is 12.6. The summed E-state index contributed by atoms with van der Waals surface area (Å²) in [6.45, 7) is 7.78. The third-order valence-corrected chi connectivity index (χ3v) is 9.75. The van der Waals surface area contributed by atoms with Gasteiger partial charge < -0.3 is 23.7 Å². The van der Waals surface area contributed by atoms with Gasteiger partial charge in [-0.25, -0.2) is 0 Å². The minimum absolute atomic E-state index is 0.0294. The van der Waals surface area contributed by atoms with Crippen molar-refractivity contribution in [2.45, 2.75) is 97.8 Å². The SMILES string of the molecule is CCCc1ccc(OC(=O)C2CCC(COc3ccc(OCC4CCC(C=O)CC4)cc3C)CC2)cc1.CCCc1ccc(OC)cc1. The van der Waals surface area contributed by atoms with Gasteiger partial charge in [-0.1, -0.05) is 51.0 Å². The highest BCUT2D eigenvalue weighted by molar-refractivity contribution is 5.75. The molecule has 48 heavy (non-hydrogen) atoms. The summed E-state index contributed by atoms with van der Waals surface area (Å²) in [5.41, 5.74) is 3.73. The lowest BCUT2D eigenvalue weighted by atomic mass is 9.82. The van der Waals surface area contributed by atoms with E-state index in [1.54, 1.807) is 7.11 Å². The fourth-order valence-corrected chi connectivity index (χ4v) is 6.64. The fraction of sp³-hybridized carbons (Fsp3) is 0.524. The van der Waals surface area contributed by atoms with Gasteiger partial charge in [0.15, 0.2) is 0 Å². The average Bonchev–Trinajstić information content (AvgIpc) is 3.12. The summed E-state index contributed by atoms with van der Waals surface area (Å²) in [6, 6.07) is 22.2. The summed E-state index contributed by atoms with van der Waals surface area (Å²) in [7, 11) is 1.69. The van der Waals surface area contributed by atoms with Gasteiger partial charge in [0.05, 0.1) is 26.2 Å². The van der Waals surface area contributed by atoms with Gasteiger partial charge in [-0.05, 0) is 142 Å². The Bertz CT molecular complexity index is 1370. The molecule has 2 saturated carbocycles. The van der Waals surface area contributed by atoms with E-state index >= 15 is 0 Å². The van der Waals surface area contributed by atoms with Crippen LogP contribution in [0.5, 0.6) is 23.0 Å². The number of esters is 1. The first-order valence-electron chi connectivity index (χ1n) is 18.2. The van der Waals surface area contributed by atoms with Crippen molar-refractivity contribution >= 4 is 12.3 Å². The molecule has 3 aromatic carbocycles. The summed E-state index contributed by atoms with van der Waals surface area (Å²) >= 11 is 0. The number of rotatable bonds is 14. The molecule has 260 valence electrons. The van der Waals surface area contributed by atoms with Crippen molar-refractivity contribution in [1.82, 2.24) is 0 Å². The summed E-state index contributed by atoms with van der Waals surface area (Å²) in [6.07, 6.45) is 13.4. The van der Waals surface area contributed by atoms with Crippen molar-refractivity contribution in [3.8, 4) is 23.0 Å². The molecule has 0 unspecified atom stereocenters. The molecule has 2 aliphatic carbocycles. The Labute approximate surface area is 288 Å². The van der Waals surface area contributed by atoms with Crippen LogP contribution in [0.25, 0.3) is 0 Å². The van der Waals surface area contributed by atoms with Crippen LogP contribution in [0.1, 0.15) is 94.7 Å². The number of hydrogen-bond donors (Lipinski definition) is 0. The molecule has 6 nitrogen and oxygen atoms in total. The number of methoxy groups -OCH3 is 1. The fourth-order valence-electron chi connectivity index (χ4n) is 6.64. The van der Waals surface area contributed by atoms with Gasteiger partial charge in [-0.3, -0.25) is 4.79 Å². The zero-order chi connectivity index (χ0) is 34.1. The largest absolute Gasteiger partial charge is 0.497 e. The molecule has 6 heteroatoms. The van der Waals surface area contributed by atoms with Gasteiger partial charge in [0.25, 0.3) is 0 Å². The lowest BCUT2D eigenvalue weighted by Gasteiger charge is -2.27. The van der Waals surface area contributed by atoms with E-state index in [2.05, 4.69) is 32.9 Å². The molecular formula is C42H56O6. The number of aldehydes is 1. The normalized spacial score (nSPS) is 20.5. The van der Waals surface area contributed by atoms with Crippen molar-refractivity contribution in [2.24, 2.45) is 23.7 Å². The van der Waals surface area contributed by atoms with Gasteiger partial charge in [-0.15, -0.1) is 0 Å². The van der Waals surface area contributed by atoms with E-state index in [0.717, 1.165) is 99.7 Å². The highest BCUT2D eigenvalue weighted by atomic mass is 16.5. The van der Waals surface area contributed by atoms with Crippen LogP contribution in [0.3, 0.4) is 0 Å². The first-order valence-corrected chi connectivity index (χ1v) is 18.2. The predicted molar refractivity (Wildman–Crippen MR) is 192 cm³/mol. The van der Waals surface area contributed by atoms with E-state index in [0.29, 0.717) is 30.8 Å². The second-order valence-corrected chi connectivity index (χ2v) is 13.6. The van der Waals surface area contributed by atoms with E-state index < -0.39 is 0 Å². The molecule has 5 rings (SSSR count). The van der Waals surface area contributed by atoms with E-state index in [9.17, 15) is 9.59 Å². The maximum Gasteiger partial charge on any atom is 0.314 e. The minimum Gasteiger partial charge on any atom is -0.497 e. The zero-order valence-electron chi connectivity index (χ0n) is 29.6. The number of carbonyl (C=O) groups is 2. The lowest BCUT2D eigenvalue weighted by Crippen LogP contribution is -2.27. The van der Waals surface area contributed by atoms with Crippen LogP contribution in [0.4, 0.5) is 0 Å². The van der Waals surface area contributed by atoms with Gasteiger partial charge >= 0.3 is 5.97 Å². The van der Waals surface area contributed by atoms with Crippen molar-refractivity contribution in [1.29, 1.82) is 0 Å². The first-order chi connectivity index (χ1) is 23.4. The molecular weight excluding hydrogens is 600 g/mol. The Kier molecular flexibility index (Phi) is 15.3. The molecule has 2 fully saturated rings. The average molecular weight is 657 g/mol. The van der Waals surface area contributed by atoms with E-state index in [1.807, 2.05) is 54.6 Å². The predicted octanol–water partition coefficient (Wildman–Crippen LogP) is 9.77. The van der Waals surface area contributed by atoms with Gasteiger partial charge in [0.1, 0.15) is 29.3 Å². The molecule has 2 aliphatic rings. The van der Waals surface area contributed by atoms with Crippen molar-refractivity contribution in [3.63, 3.8) is 0 Å². The standard InChI is InChI=1S/C32H42O5.C10H14O/c1-3-4-24-11-15-29(16-12-24)37-32(34)28-13-9-27(10-14-28)22-36-31-18-17-30(19-23(31)2)35-21-26-7-5-25(20-33)6-8-26;1-3-4-9-5-7-10(11-2)8-6-9/h11-12,15-20,25-28H,3-10,13-14,21-22H2,1-2H3;5-8H,3-4H2,1-2H3. The van der Waals surface area contributed by atoms with Crippen LogP contribution in [0, 0.1) is 30.6 Å². The molecule has 0 bridgehead atoms. The second kappa shape index (κ2) is 19.9. The molecule has 0 amide bonds. The molecule has 0 spiro atoms. The minimum atomic E-state index is -0.106. The highest BCUT2D eigenvalue weighted by Gasteiger charge is 2.28. The lowest BCUT2D eigenvalue weighted by molar-refractivity contribution is -0.140. The van der Waals surface area contributed by atoms with Gasteiger partial charge in [0.2, 0.25) is 0 Å². The van der Waals surface area contributed by atoms with Gasteiger partial charge in [-0.2, -0.15) is 0 Å². The second-order valence-electron chi connectivity index (χ2n) is 13.6. The third kappa shape index (κ3) is 12.0. The number of ether oxygens (including phenoxy) is 4. The van der Waals surface area contributed by atoms with Crippen LogP contribution < -0.4 is 18.9 Å². The van der Waals surface area contributed by atoms with Crippen LogP contribution in [0.15, 0.2) is 66.7 Å². The molecule has 0 atom stereocenters. The van der Waals surface area contributed by atoms with Gasteiger partial charge in [0, 0.05) is 5.92 Å². The summed E-state index contributed by atoms with van der Waals surface area (Å²) in [5, 5.41) is 0. The molecule has 0 heterocycles. The van der Waals surface area contributed by atoms with E-state index in [-0.39, 0.29) is 17.8 Å². The van der Waals surface area contributed by atoms with Crippen molar-refractivity contribution in [3.05, 3.63) is 83.4 Å². The number of benzene rings is 3. The van der Waals surface area contributed by atoms with Crippen LogP contribution in [-0.2, 0) is 22.4 Å². The Morgan fingerprint density at radius 1 is 0.688 bits per heavy atom. The Morgan fingerprint density at radius 3 is 1.73 bits per heavy atom. The number of carbonyl (C=O) groups excluding carboxylic acids is 2. The molecule has 0 aliphatic heterocycles. The van der Waals surface area contributed by atoms with E-state index in [4.69, 9.17) is 18.9 Å². The van der Waals surface area contributed by atoms with Crippen LogP contribution >= 0.6 is 0 Å². The van der Waals surface area contributed by atoms with Crippen molar-refractivity contribution in [2.75, 3.05) is 20.3 Å². The molecule has 0 aromatic heterocycles. The quantitative estimate of drug-likeness (QED) is 0.0978. The third-order valence-electron chi connectivity index (χ3n) is 9.75. The molecule has 3 aromatic rings. The zero-order valence-corrected chi connectivity index (χ0v) is 29.6. The topological polar surface area (TPSA) is 71.1 Å². The number of hydrogen-bond acceptors (Lipinski definition) is 6. The summed E-state index contributed by atoms with van der Waals surface area (Å²) < 4.78 is 22.9. The Balaban J connectivity index is 0.000000401.